The molecule has 35 heavy (non-hydrogen) atoms. The lowest BCUT2D eigenvalue weighted by Crippen LogP contribution is -2.41. The van der Waals surface area contributed by atoms with E-state index in [1.807, 2.05) is 0 Å². The first-order valence-electron chi connectivity index (χ1n) is 10.2. The Hall–Kier alpha value is -4.20. The molecule has 0 fully saturated rings. The van der Waals surface area contributed by atoms with E-state index in [1.54, 1.807) is 28.9 Å². The lowest BCUT2D eigenvalue weighted by Gasteiger charge is -2.32. The molecule has 0 spiro atoms. The lowest BCUT2D eigenvalue weighted by molar-refractivity contribution is -0.212. The Morgan fingerprint density at radius 3 is 2.91 bits per heavy atom. The van der Waals surface area contributed by atoms with Crippen LogP contribution < -0.4 is 0 Å². The van der Waals surface area contributed by atoms with E-state index >= 15 is 0 Å². The second-order valence-electron chi connectivity index (χ2n) is 7.73. The van der Waals surface area contributed by atoms with Crippen molar-refractivity contribution in [1.82, 2.24) is 44.5 Å². The fraction of sp³-hybridized carbons (Fsp3) is 0.200. The number of H-pyrrole nitrogens is 1. The summed E-state index contributed by atoms with van der Waals surface area (Å²) in [5.74, 6) is -1.27. The molecule has 5 aromatic heterocycles. The second-order valence-corrected chi connectivity index (χ2v) is 8.13. The van der Waals surface area contributed by atoms with Gasteiger partial charge in [0.1, 0.15) is 6.04 Å². The molecule has 178 valence electrons. The van der Waals surface area contributed by atoms with Crippen LogP contribution in [0.4, 0.5) is 13.2 Å². The summed E-state index contributed by atoms with van der Waals surface area (Å²) in [5, 5.41) is 15.8. The van der Waals surface area contributed by atoms with E-state index in [4.69, 9.17) is 16.0 Å². The Morgan fingerprint density at radius 2 is 2.14 bits per heavy atom. The van der Waals surface area contributed by atoms with Gasteiger partial charge in [0.15, 0.2) is 0 Å². The summed E-state index contributed by atoms with van der Waals surface area (Å²) in [7, 11) is 0. The molecule has 0 saturated carbocycles. The van der Waals surface area contributed by atoms with Gasteiger partial charge < -0.3 is 14.3 Å². The number of pyridine rings is 1. The summed E-state index contributed by atoms with van der Waals surface area (Å²) in [6.45, 7) is 0.282. The van der Waals surface area contributed by atoms with Crippen LogP contribution in [-0.4, -0.2) is 56.9 Å². The van der Waals surface area contributed by atoms with E-state index in [0.717, 1.165) is 11.9 Å². The fourth-order valence-electron chi connectivity index (χ4n) is 4.05. The minimum atomic E-state index is -4.70. The van der Waals surface area contributed by atoms with E-state index in [0.29, 0.717) is 34.5 Å². The Balaban J connectivity index is 1.37. The molecular weight excluding hydrogens is 491 g/mol. The Bertz CT molecular complexity index is 1570. The van der Waals surface area contributed by atoms with Gasteiger partial charge in [-0.05, 0) is 18.2 Å². The number of aromatic nitrogens is 8. The number of hydrogen-bond donors (Lipinski definition) is 1. The van der Waals surface area contributed by atoms with Crippen molar-refractivity contribution in [2.45, 2.75) is 18.8 Å². The standard InChI is InChI=1S/C20H13ClF3N9O2/c21-11-2-1-4-32-14(11)6-13(30-32)16-15-12(25-9-26-15)3-5-31(16)19(34)18-29-28-17(35-18)10-7-27-33(8-10)20(22,23)24/h1-2,4,6-9,16H,3,5H2,(H,25,26)/t16-/m1/s1. The molecule has 0 radical (unpaired) electrons. The van der Waals surface area contributed by atoms with Crippen LogP contribution in [0.25, 0.3) is 17.0 Å². The highest BCUT2D eigenvalue weighted by Gasteiger charge is 2.38. The van der Waals surface area contributed by atoms with Crippen molar-refractivity contribution < 1.29 is 22.4 Å². The predicted octanol–water partition coefficient (Wildman–Crippen LogP) is 3.22. The zero-order valence-electron chi connectivity index (χ0n) is 17.4. The van der Waals surface area contributed by atoms with Crippen molar-refractivity contribution in [3.8, 4) is 11.5 Å². The van der Waals surface area contributed by atoms with Crippen molar-refractivity contribution in [2.24, 2.45) is 0 Å². The third kappa shape index (κ3) is 3.53. The minimum Gasteiger partial charge on any atom is -0.412 e. The van der Waals surface area contributed by atoms with Gasteiger partial charge in [-0.3, -0.25) is 4.79 Å². The number of nitrogens with zero attached hydrogens (tertiary/aromatic N) is 8. The summed E-state index contributed by atoms with van der Waals surface area (Å²) in [4.78, 5) is 22.4. The number of nitrogens with one attached hydrogen (secondary N) is 1. The van der Waals surface area contributed by atoms with Crippen LogP contribution in [-0.2, 0) is 12.7 Å². The van der Waals surface area contributed by atoms with Crippen molar-refractivity contribution in [1.29, 1.82) is 0 Å². The minimum absolute atomic E-state index is 0.0753. The molecule has 0 aromatic carbocycles. The molecule has 15 heteroatoms. The van der Waals surface area contributed by atoms with Crippen molar-refractivity contribution in [3.05, 3.63) is 71.1 Å². The lowest BCUT2D eigenvalue weighted by atomic mass is 9.99. The van der Waals surface area contributed by atoms with Crippen LogP contribution in [0, 0.1) is 0 Å². The molecule has 0 unspecified atom stereocenters. The molecule has 0 saturated heterocycles. The van der Waals surface area contributed by atoms with Crippen LogP contribution in [0.1, 0.15) is 33.8 Å². The molecule has 5 aromatic rings. The average Bonchev–Trinajstić information content (AvgIpc) is 3.62. The predicted molar refractivity (Wildman–Crippen MR) is 112 cm³/mol. The van der Waals surface area contributed by atoms with Crippen molar-refractivity contribution in [3.63, 3.8) is 0 Å². The fourth-order valence-corrected chi connectivity index (χ4v) is 4.26. The maximum absolute atomic E-state index is 13.4. The number of imidazole rings is 1. The van der Waals surface area contributed by atoms with Gasteiger partial charge in [0.05, 0.1) is 40.0 Å². The van der Waals surface area contributed by atoms with E-state index in [9.17, 15) is 18.0 Å². The van der Waals surface area contributed by atoms with Crippen molar-refractivity contribution in [2.75, 3.05) is 6.54 Å². The number of alkyl halides is 3. The van der Waals surface area contributed by atoms with E-state index in [-0.39, 0.29) is 28.6 Å². The van der Waals surface area contributed by atoms with Gasteiger partial charge in [0.2, 0.25) is 0 Å². The SMILES string of the molecule is O=C(c1nnc(-c2cnn(C(F)(F)F)c2)o1)N1CCc2[nH]cnc2[C@H]1c1cc2c(Cl)cccn2n1. The first kappa shape index (κ1) is 21.3. The second kappa shape index (κ2) is 7.66. The molecule has 6 rings (SSSR count). The zero-order valence-corrected chi connectivity index (χ0v) is 18.2. The highest BCUT2D eigenvalue weighted by molar-refractivity contribution is 6.33. The van der Waals surface area contributed by atoms with Crippen LogP contribution in [0.5, 0.6) is 0 Å². The number of halogens is 4. The number of carbonyl (C=O) groups excluding carboxylic acids is 1. The molecular formula is C20H13ClF3N9O2. The Labute approximate surface area is 198 Å². The summed E-state index contributed by atoms with van der Waals surface area (Å²) >= 11 is 6.30. The van der Waals surface area contributed by atoms with Gasteiger partial charge in [0, 0.05) is 31.1 Å². The molecule has 1 aliphatic rings. The van der Waals surface area contributed by atoms with Gasteiger partial charge in [-0.1, -0.05) is 11.6 Å². The topological polar surface area (TPSA) is 123 Å². The number of fused-ring (bicyclic) bond motifs is 2. The summed E-state index contributed by atoms with van der Waals surface area (Å²) in [6, 6.07) is 4.56. The van der Waals surface area contributed by atoms with Gasteiger partial charge in [-0.15, -0.1) is 23.4 Å². The Morgan fingerprint density at radius 1 is 1.29 bits per heavy atom. The number of amides is 1. The molecule has 6 heterocycles. The molecule has 11 nitrogen and oxygen atoms in total. The van der Waals surface area contributed by atoms with Crippen LogP contribution >= 0.6 is 11.6 Å². The third-order valence-electron chi connectivity index (χ3n) is 5.63. The number of hydrogen-bond acceptors (Lipinski definition) is 7. The van der Waals surface area contributed by atoms with E-state index < -0.39 is 18.2 Å². The molecule has 1 aliphatic heterocycles. The van der Waals surface area contributed by atoms with E-state index in [1.165, 1.54) is 11.2 Å². The summed E-state index contributed by atoms with van der Waals surface area (Å²) < 4.78 is 45.4. The maximum atomic E-state index is 13.4. The van der Waals surface area contributed by atoms with Gasteiger partial charge in [0.25, 0.3) is 5.89 Å². The largest absolute Gasteiger partial charge is 0.504 e. The zero-order chi connectivity index (χ0) is 24.3. The first-order chi connectivity index (χ1) is 16.8. The highest BCUT2D eigenvalue weighted by atomic mass is 35.5. The first-order valence-corrected chi connectivity index (χ1v) is 10.6. The number of carbonyl (C=O) groups is 1. The molecule has 1 atom stereocenters. The smallest absolute Gasteiger partial charge is 0.412 e. The number of aromatic amines is 1. The van der Waals surface area contributed by atoms with E-state index in [2.05, 4.69) is 30.4 Å². The highest BCUT2D eigenvalue weighted by Crippen LogP contribution is 2.35. The normalized spacial score (nSPS) is 16.1. The van der Waals surface area contributed by atoms with Crippen molar-refractivity contribution >= 4 is 23.0 Å². The molecule has 1 N–H and O–H groups in total. The van der Waals surface area contributed by atoms with Gasteiger partial charge in [-0.2, -0.15) is 14.9 Å². The maximum Gasteiger partial charge on any atom is 0.504 e. The monoisotopic (exact) mass is 503 g/mol. The van der Waals surface area contributed by atoms with Crippen LogP contribution in [0.3, 0.4) is 0 Å². The third-order valence-corrected chi connectivity index (χ3v) is 5.95. The quantitative estimate of drug-likeness (QED) is 0.401. The number of rotatable bonds is 3. The van der Waals surface area contributed by atoms with Gasteiger partial charge in [-0.25, -0.2) is 9.50 Å². The molecule has 0 aliphatic carbocycles. The summed E-state index contributed by atoms with van der Waals surface area (Å²) in [6.07, 6.45) is 0.687. The molecule has 1 amide bonds. The van der Waals surface area contributed by atoms with Gasteiger partial charge >= 0.3 is 18.1 Å². The van der Waals surface area contributed by atoms with Crippen LogP contribution in [0.15, 0.2) is 47.5 Å². The average molecular weight is 504 g/mol. The van der Waals surface area contributed by atoms with Crippen LogP contribution in [0.2, 0.25) is 5.02 Å². The summed E-state index contributed by atoms with van der Waals surface area (Å²) in [5.41, 5.74) is 2.56. The molecule has 0 bridgehead atoms. The Kier molecular flexibility index (Phi) is 4.67.